The van der Waals surface area contributed by atoms with Gasteiger partial charge < -0.3 is 5.32 Å². The van der Waals surface area contributed by atoms with Crippen molar-refractivity contribution in [1.82, 2.24) is 10.6 Å². The van der Waals surface area contributed by atoms with Crippen LogP contribution in [0.3, 0.4) is 0 Å². The van der Waals surface area contributed by atoms with Crippen molar-refractivity contribution in [2.45, 2.75) is 26.2 Å². The number of amides is 3. The first-order valence-corrected chi connectivity index (χ1v) is 4.71. The van der Waals surface area contributed by atoms with Gasteiger partial charge in [0.25, 0.3) is 0 Å². The van der Waals surface area contributed by atoms with E-state index < -0.39 is 6.03 Å². The maximum Gasteiger partial charge on any atom is 0.326 e. The zero-order valence-electron chi connectivity index (χ0n) is 7.42. The number of urea groups is 1. The van der Waals surface area contributed by atoms with E-state index in [-0.39, 0.29) is 11.8 Å². The maximum atomic E-state index is 11.3. The molecule has 1 fully saturated rings. The molecule has 0 aromatic rings. The Labute approximate surface area is 82.1 Å². The van der Waals surface area contributed by atoms with E-state index in [4.69, 9.17) is 12.2 Å². The number of hydrogen-bond donors (Lipinski definition) is 2. The summed E-state index contributed by atoms with van der Waals surface area (Å²) < 4.78 is 0. The number of hydrogen-bond acceptors (Lipinski definition) is 3. The molecule has 72 valence electrons. The summed E-state index contributed by atoms with van der Waals surface area (Å²) in [6.45, 7) is 2.04. The van der Waals surface area contributed by atoms with Gasteiger partial charge in [0.15, 0.2) is 0 Å². The van der Waals surface area contributed by atoms with E-state index >= 15 is 0 Å². The summed E-state index contributed by atoms with van der Waals surface area (Å²) in [5.74, 6) is -0.602. The molecular weight excluding hydrogens is 188 g/mol. The third kappa shape index (κ3) is 2.48. The van der Waals surface area contributed by atoms with Crippen LogP contribution in [0.4, 0.5) is 4.79 Å². The number of imide groups is 1. The van der Waals surface area contributed by atoms with Gasteiger partial charge in [-0.3, -0.25) is 10.1 Å². The minimum absolute atomic E-state index is 0.276. The third-order valence-corrected chi connectivity index (χ3v) is 2.34. The van der Waals surface area contributed by atoms with Gasteiger partial charge in [-0.05, 0) is 6.42 Å². The van der Waals surface area contributed by atoms with Crippen LogP contribution in [0.2, 0.25) is 0 Å². The van der Waals surface area contributed by atoms with Crippen LogP contribution < -0.4 is 10.6 Å². The van der Waals surface area contributed by atoms with Gasteiger partial charge in [-0.1, -0.05) is 32.0 Å². The lowest BCUT2D eigenvalue weighted by Gasteiger charge is -2.22. The van der Waals surface area contributed by atoms with Gasteiger partial charge in [0.05, 0.1) is 10.9 Å². The smallest absolute Gasteiger partial charge is 0.301 e. The fraction of sp³-hybridized carbons (Fsp3) is 0.625. The Bertz CT molecular complexity index is 233. The molecule has 1 aliphatic rings. The van der Waals surface area contributed by atoms with Crippen molar-refractivity contribution in [3.63, 3.8) is 0 Å². The van der Waals surface area contributed by atoms with Gasteiger partial charge in [-0.25, -0.2) is 4.79 Å². The molecule has 1 saturated heterocycles. The van der Waals surface area contributed by atoms with E-state index in [2.05, 4.69) is 10.6 Å². The molecule has 0 saturated carbocycles. The molecule has 2 N–H and O–H groups in total. The minimum atomic E-state index is -0.511. The predicted octanol–water partition coefficient (Wildman–Crippen LogP) is 0.960. The van der Waals surface area contributed by atoms with Crippen molar-refractivity contribution in [1.29, 1.82) is 0 Å². The summed E-state index contributed by atoms with van der Waals surface area (Å²) >= 11 is 4.90. The van der Waals surface area contributed by atoms with Crippen molar-refractivity contribution >= 4 is 29.1 Å². The van der Waals surface area contributed by atoms with Crippen LogP contribution in [-0.4, -0.2) is 16.9 Å². The van der Waals surface area contributed by atoms with Gasteiger partial charge >= 0.3 is 6.03 Å². The quantitative estimate of drug-likeness (QED) is 0.667. The lowest BCUT2D eigenvalue weighted by Crippen LogP contribution is -2.54. The molecule has 5 heteroatoms. The van der Waals surface area contributed by atoms with Crippen LogP contribution >= 0.6 is 12.2 Å². The topological polar surface area (TPSA) is 58.2 Å². The Hall–Kier alpha value is -0.970. The highest BCUT2D eigenvalue weighted by molar-refractivity contribution is 7.80. The zero-order valence-corrected chi connectivity index (χ0v) is 8.24. The standard InChI is InChI=1S/C8H12N2O2S/c1-2-3-4-5-6(11)9-8(12)10-7(5)13/h5H,2-4H2,1H3,(H2,9,10,11,12,13). The molecule has 13 heavy (non-hydrogen) atoms. The highest BCUT2D eigenvalue weighted by Crippen LogP contribution is 2.12. The molecule has 1 unspecified atom stereocenters. The Morgan fingerprint density at radius 2 is 2.08 bits per heavy atom. The number of carbonyl (C=O) groups excluding carboxylic acids is 2. The molecule has 0 radical (unpaired) electrons. The van der Waals surface area contributed by atoms with Crippen LogP contribution in [0.15, 0.2) is 0 Å². The predicted molar refractivity (Wildman–Crippen MR) is 52.3 cm³/mol. The molecule has 0 bridgehead atoms. The maximum absolute atomic E-state index is 11.3. The van der Waals surface area contributed by atoms with Gasteiger partial charge in [0.2, 0.25) is 5.91 Å². The normalized spacial score (nSPS) is 22.5. The van der Waals surface area contributed by atoms with Crippen LogP contribution in [0, 0.1) is 5.92 Å². The van der Waals surface area contributed by atoms with E-state index in [1.807, 2.05) is 6.92 Å². The van der Waals surface area contributed by atoms with E-state index in [0.717, 1.165) is 12.8 Å². The minimum Gasteiger partial charge on any atom is -0.301 e. The molecule has 0 spiro atoms. The van der Waals surface area contributed by atoms with Crippen LogP contribution in [0.5, 0.6) is 0 Å². The second-order valence-electron chi connectivity index (χ2n) is 3.00. The first-order chi connectivity index (χ1) is 6.15. The van der Waals surface area contributed by atoms with E-state index in [9.17, 15) is 9.59 Å². The fourth-order valence-corrected chi connectivity index (χ4v) is 1.54. The molecule has 0 aromatic carbocycles. The van der Waals surface area contributed by atoms with Crippen molar-refractivity contribution in [2.75, 3.05) is 0 Å². The first-order valence-electron chi connectivity index (χ1n) is 4.31. The number of carbonyl (C=O) groups is 2. The van der Waals surface area contributed by atoms with Crippen LogP contribution in [0.25, 0.3) is 0 Å². The van der Waals surface area contributed by atoms with E-state index in [1.54, 1.807) is 0 Å². The Balaban J connectivity index is 2.56. The Morgan fingerprint density at radius 1 is 1.38 bits per heavy atom. The molecule has 1 rings (SSSR count). The summed E-state index contributed by atoms with van der Waals surface area (Å²) in [7, 11) is 0. The van der Waals surface area contributed by atoms with Crippen LogP contribution in [-0.2, 0) is 4.79 Å². The second-order valence-corrected chi connectivity index (χ2v) is 3.44. The first kappa shape index (κ1) is 10.1. The van der Waals surface area contributed by atoms with E-state index in [0.29, 0.717) is 11.4 Å². The molecule has 1 atom stereocenters. The fourth-order valence-electron chi connectivity index (χ4n) is 1.22. The summed E-state index contributed by atoms with van der Waals surface area (Å²) in [5.41, 5.74) is 0. The number of thiocarbonyl (C=S) groups is 1. The summed E-state index contributed by atoms with van der Waals surface area (Å²) in [5, 5.41) is 4.62. The highest BCUT2D eigenvalue weighted by Gasteiger charge is 2.29. The Kier molecular flexibility index (Phi) is 3.36. The van der Waals surface area contributed by atoms with Gasteiger partial charge in [-0.15, -0.1) is 0 Å². The van der Waals surface area contributed by atoms with Crippen molar-refractivity contribution in [3.05, 3.63) is 0 Å². The number of nitrogens with one attached hydrogen (secondary N) is 2. The molecule has 1 aliphatic heterocycles. The van der Waals surface area contributed by atoms with Crippen molar-refractivity contribution in [2.24, 2.45) is 5.92 Å². The van der Waals surface area contributed by atoms with Crippen LogP contribution in [0.1, 0.15) is 26.2 Å². The number of unbranched alkanes of at least 4 members (excludes halogenated alkanes) is 1. The molecule has 4 nitrogen and oxygen atoms in total. The highest BCUT2D eigenvalue weighted by atomic mass is 32.1. The second kappa shape index (κ2) is 4.32. The molecule has 3 amide bonds. The Morgan fingerprint density at radius 3 is 2.62 bits per heavy atom. The summed E-state index contributed by atoms with van der Waals surface area (Å²) in [6, 6.07) is -0.511. The van der Waals surface area contributed by atoms with Gasteiger partial charge in [-0.2, -0.15) is 0 Å². The lowest BCUT2D eigenvalue weighted by molar-refractivity contribution is -0.122. The number of rotatable bonds is 3. The van der Waals surface area contributed by atoms with Crippen molar-refractivity contribution in [3.8, 4) is 0 Å². The van der Waals surface area contributed by atoms with Gasteiger partial charge in [0, 0.05) is 0 Å². The SMILES string of the molecule is CCCCC1C(=O)NC(=O)NC1=S. The van der Waals surface area contributed by atoms with Gasteiger partial charge in [0.1, 0.15) is 0 Å². The molecule has 0 aliphatic carbocycles. The summed E-state index contributed by atoms with van der Waals surface area (Å²) in [6.07, 6.45) is 2.66. The monoisotopic (exact) mass is 200 g/mol. The lowest BCUT2D eigenvalue weighted by atomic mass is 10.00. The largest absolute Gasteiger partial charge is 0.326 e. The molecule has 0 aromatic heterocycles. The molecule has 1 heterocycles. The third-order valence-electron chi connectivity index (χ3n) is 1.95. The van der Waals surface area contributed by atoms with Crippen molar-refractivity contribution < 1.29 is 9.59 Å². The average molecular weight is 200 g/mol. The molecular formula is C8H12N2O2S. The summed E-state index contributed by atoms with van der Waals surface area (Å²) in [4.78, 5) is 22.4. The average Bonchev–Trinajstić information content (AvgIpc) is 2.02. The zero-order chi connectivity index (χ0) is 9.84. The van der Waals surface area contributed by atoms with E-state index in [1.165, 1.54) is 0 Å².